The van der Waals surface area contributed by atoms with Gasteiger partial charge in [-0.1, -0.05) is 27.5 Å². The molecule has 0 fully saturated rings. The van der Waals surface area contributed by atoms with E-state index in [9.17, 15) is 22.0 Å². The molecule has 2 aromatic carbocycles. The van der Waals surface area contributed by atoms with Crippen molar-refractivity contribution in [2.45, 2.75) is 18.1 Å². The van der Waals surface area contributed by atoms with Crippen molar-refractivity contribution < 1.29 is 26.7 Å². The summed E-state index contributed by atoms with van der Waals surface area (Å²) in [6, 6.07) is 8.04. The first kappa shape index (κ1) is 21.5. The molecule has 0 radical (unpaired) electrons. The first-order valence-electron chi connectivity index (χ1n) is 7.38. The van der Waals surface area contributed by atoms with E-state index in [0.717, 1.165) is 6.07 Å². The van der Waals surface area contributed by atoms with Gasteiger partial charge in [-0.3, -0.25) is 4.79 Å². The Kier molecular flexibility index (Phi) is 7.15. The van der Waals surface area contributed by atoms with Crippen molar-refractivity contribution in [1.82, 2.24) is 10.0 Å². The zero-order valence-electron chi connectivity index (χ0n) is 13.8. The third kappa shape index (κ3) is 5.61. The van der Waals surface area contributed by atoms with Crippen LogP contribution >= 0.6 is 27.5 Å². The Bertz CT molecular complexity index is 957. The summed E-state index contributed by atoms with van der Waals surface area (Å²) in [7, 11) is -2.52. The molecule has 2 aromatic rings. The molecule has 0 aliphatic carbocycles. The maximum atomic E-state index is 12.5. The highest BCUT2D eigenvalue weighted by Gasteiger charge is 2.18. The molecule has 0 aliphatic rings. The van der Waals surface area contributed by atoms with Crippen LogP contribution in [0.4, 0.5) is 8.78 Å². The van der Waals surface area contributed by atoms with Crippen LogP contribution in [0, 0.1) is 0 Å². The monoisotopic (exact) mass is 482 g/mol. The molecular weight excluding hydrogens is 470 g/mol. The zero-order valence-corrected chi connectivity index (χ0v) is 17.0. The molecule has 0 unspecified atom stereocenters. The molecule has 146 valence electrons. The second-order valence-electron chi connectivity index (χ2n) is 5.16. The highest BCUT2D eigenvalue weighted by atomic mass is 79.9. The number of carbonyl (C=O) groups is 1. The number of carbonyl (C=O) groups excluding carboxylic acids is 1. The number of alkyl halides is 2. The lowest BCUT2D eigenvalue weighted by molar-refractivity contribution is -0.0504. The first-order valence-corrected chi connectivity index (χ1v) is 10.0. The van der Waals surface area contributed by atoms with E-state index in [4.69, 9.17) is 11.6 Å². The summed E-state index contributed by atoms with van der Waals surface area (Å²) in [6.45, 7) is -3.15. The van der Waals surface area contributed by atoms with Gasteiger partial charge in [-0.05, 0) is 43.4 Å². The average molecular weight is 484 g/mol. The molecule has 0 aliphatic heterocycles. The largest absolute Gasteiger partial charge is 0.434 e. The summed E-state index contributed by atoms with van der Waals surface area (Å²) in [6.07, 6.45) is 0. The maximum Gasteiger partial charge on any atom is 0.387 e. The van der Waals surface area contributed by atoms with E-state index in [1.54, 1.807) is 0 Å². The second kappa shape index (κ2) is 8.96. The van der Waals surface area contributed by atoms with E-state index in [1.165, 1.54) is 37.4 Å². The van der Waals surface area contributed by atoms with Gasteiger partial charge in [0, 0.05) is 16.6 Å². The van der Waals surface area contributed by atoms with Gasteiger partial charge in [-0.2, -0.15) is 8.78 Å². The van der Waals surface area contributed by atoms with E-state index >= 15 is 0 Å². The number of hydrogen-bond donors (Lipinski definition) is 2. The Morgan fingerprint density at radius 2 is 1.96 bits per heavy atom. The number of nitrogens with one attached hydrogen (secondary N) is 2. The Labute approximate surface area is 168 Å². The van der Waals surface area contributed by atoms with Crippen LogP contribution in [0.3, 0.4) is 0 Å². The van der Waals surface area contributed by atoms with Gasteiger partial charge >= 0.3 is 6.61 Å². The Balaban J connectivity index is 2.24. The molecule has 0 saturated carbocycles. The molecule has 0 saturated heterocycles. The van der Waals surface area contributed by atoms with Crippen LogP contribution in [0.2, 0.25) is 5.02 Å². The molecule has 27 heavy (non-hydrogen) atoms. The van der Waals surface area contributed by atoms with E-state index in [0.29, 0.717) is 10.0 Å². The van der Waals surface area contributed by atoms with Crippen molar-refractivity contribution in [1.29, 1.82) is 0 Å². The van der Waals surface area contributed by atoms with Crippen molar-refractivity contribution >= 4 is 43.5 Å². The summed E-state index contributed by atoms with van der Waals surface area (Å²) < 4.78 is 55.9. The van der Waals surface area contributed by atoms with E-state index in [-0.39, 0.29) is 27.8 Å². The van der Waals surface area contributed by atoms with Gasteiger partial charge in [0.15, 0.2) is 0 Å². The Morgan fingerprint density at radius 3 is 2.59 bits per heavy atom. The summed E-state index contributed by atoms with van der Waals surface area (Å²) in [5.74, 6) is -0.762. The fourth-order valence-electron chi connectivity index (χ4n) is 2.13. The quantitative estimate of drug-likeness (QED) is 0.631. The first-order chi connectivity index (χ1) is 12.6. The minimum absolute atomic E-state index is 0.0425. The van der Waals surface area contributed by atoms with Gasteiger partial charge in [0.05, 0.1) is 15.5 Å². The topological polar surface area (TPSA) is 84.5 Å². The summed E-state index contributed by atoms with van der Waals surface area (Å²) in [5, 5.41) is 2.55. The van der Waals surface area contributed by atoms with Crippen molar-refractivity contribution in [3.05, 3.63) is 57.0 Å². The molecular formula is C16H14BrClF2N2O4S. The van der Waals surface area contributed by atoms with Crippen molar-refractivity contribution in [3.8, 4) is 5.75 Å². The van der Waals surface area contributed by atoms with E-state index in [1.807, 2.05) is 0 Å². The Morgan fingerprint density at radius 1 is 1.26 bits per heavy atom. The summed E-state index contributed by atoms with van der Waals surface area (Å²) in [4.78, 5) is 12.3. The predicted molar refractivity (Wildman–Crippen MR) is 99.6 cm³/mol. The molecule has 2 rings (SSSR count). The third-order valence-electron chi connectivity index (χ3n) is 3.44. The maximum absolute atomic E-state index is 12.5. The molecule has 11 heteroatoms. The molecule has 0 heterocycles. The number of hydrogen-bond acceptors (Lipinski definition) is 4. The van der Waals surface area contributed by atoms with Gasteiger partial charge in [-0.25, -0.2) is 13.1 Å². The lowest BCUT2D eigenvalue weighted by Gasteiger charge is -2.13. The van der Waals surface area contributed by atoms with Crippen molar-refractivity contribution in [3.63, 3.8) is 0 Å². The van der Waals surface area contributed by atoms with Gasteiger partial charge in [0.25, 0.3) is 5.91 Å². The standard InChI is InChI=1S/C16H14BrClF2N2O4S/c1-21-27(24,25)11-3-4-13(18)12(7-11)15(23)22-8-9-6-10(17)2-5-14(9)26-16(19)20/h2-7,16,21H,8H2,1H3,(H,22,23). The third-order valence-corrected chi connectivity index (χ3v) is 5.67. The fraction of sp³-hybridized carbons (Fsp3) is 0.188. The fourth-order valence-corrected chi connectivity index (χ4v) is 3.50. The number of amides is 1. The minimum Gasteiger partial charge on any atom is -0.434 e. The van der Waals surface area contributed by atoms with Crippen LogP contribution in [0.25, 0.3) is 0 Å². The lowest BCUT2D eigenvalue weighted by Crippen LogP contribution is -2.25. The van der Waals surface area contributed by atoms with E-state index in [2.05, 4.69) is 30.7 Å². The number of benzene rings is 2. The summed E-state index contributed by atoms with van der Waals surface area (Å²) >= 11 is 9.20. The Hall–Kier alpha value is -1.75. The van der Waals surface area contributed by atoms with Gasteiger partial charge in [-0.15, -0.1) is 0 Å². The molecule has 6 nitrogen and oxygen atoms in total. The molecule has 0 spiro atoms. The van der Waals surface area contributed by atoms with E-state index < -0.39 is 22.5 Å². The minimum atomic E-state index is -3.76. The van der Waals surface area contributed by atoms with Gasteiger partial charge < -0.3 is 10.1 Å². The number of rotatable bonds is 7. The average Bonchev–Trinajstić information content (AvgIpc) is 2.61. The number of ether oxygens (including phenoxy) is 1. The van der Waals surface area contributed by atoms with Crippen LogP contribution in [-0.4, -0.2) is 28.0 Å². The predicted octanol–water partition coefficient (Wildman–Crippen LogP) is 3.54. The summed E-state index contributed by atoms with van der Waals surface area (Å²) in [5.41, 5.74) is 0.229. The second-order valence-corrected chi connectivity index (χ2v) is 8.37. The lowest BCUT2D eigenvalue weighted by atomic mass is 10.1. The van der Waals surface area contributed by atoms with Crippen LogP contribution in [0.5, 0.6) is 5.75 Å². The molecule has 0 atom stereocenters. The van der Waals surface area contributed by atoms with Crippen LogP contribution < -0.4 is 14.8 Å². The molecule has 0 bridgehead atoms. The highest BCUT2D eigenvalue weighted by Crippen LogP contribution is 2.25. The molecule has 1 amide bonds. The SMILES string of the molecule is CNS(=O)(=O)c1ccc(Cl)c(C(=O)NCc2cc(Br)ccc2OC(F)F)c1. The van der Waals surface area contributed by atoms with Crippen LogP contribution in [0.15, 0.2) is 45.8 Å². The van der Waals surface area contributed by atoms with Gasteiger partial charge in [0.2, 0.25) is 10.0 Å². The number of sulfonamides is 1. The molecule has 2 N–H and O–H groups in total. The normalized spacial score (nSPS) is 11.5. The van der Waals surface area contributed by atoms with Crippen molar-refractivity contribution in [2.75, 3.05) is 7.05 Å². The number of halogens is 4. The highest BCUT2D eigenvalue weighted by molar-refractivity contribution is 9.10. The molecule has 0 aromatic heterocycles. The van der Waals surface area contributed by atoms with Crippen LogP contribution in [0.1, 0.15) is 15.9 Å². The zero-order chi connectivity index (χ0) is 20.2. The smallest absolute Gasteiger partial charge is 0.387 e. The van der Waals surface area contributed by atoms with Gasteiger partial charge in [0.1, 0.15) is 5.75 Å². The van der Waals surface area contributed by atoms with Crippen molar-refractivity contribution in [2.24, 2.45) is 0 Å². The van der Waals surface area contributed by atoms with Crippen LogP contribution in [-0.2, 0) is 16.6 Å².